The van der Waals surface area contributed by atoms with Crippen LogP contribution in [0.4, 0.5) is 23.2 Å². The Labute approximate surface area is 89.6 Å². The summed E-state index contributed by atoms with van der Waals surface area (Å²) in [7, 11) is 0. The molecule has 0 amide bonds. The van der Waals surface area contributed by atoms with E-state index < -0.39 is 17.6 Å². The smallest absolute Gasteiger partial charge is 0.366 e. The molecule has 1 aliphatic rings. The van der Waals surface area contributed by atoms with Crippen LogP contribution in [0.5, 0.6) is 0 Å². The van der Waals surface area contributed by atoms with Crippen LogP contribution in [0, 0.1) is 5.82 Å². The molecule has 6 heteroatoms. The predicted octanol–water partition coefficient (Wildman–Crippen LogP) is 1.99. The van der Waals surface area contributed by atoms with Gasteiger partial charge in [0.15, 0.2) is 0 Å². The van der Waals surface area contributed by atoms with Gasteiger partial charge in [0.25, 0.3) is 0 Å². The van der Waals surface area contributed by atoms with Gasteiger partial charge in [0.05, 0.1) is 11.3 Å². The molecule has 88 valence electrons. The topological polar surface area (TPSA) is 29.3 Å². The lowest BCUT2D eigenvalue weighted by Gasteiger charge is -2.39. The molecule has 1 heterocycles. The van der Waals surface area contributed by atoms with Gasteiger partial charge in [-0.05, 0) is 18.2 Å². The maximum absolute atomic E-state index is 13.4. The van der Waals surface area contributed by atoms with E-state index in [1.807, 2.05) is 0 Å². The lowest BCUT2D eigenvalue weighted by Crippen LogP contribution is -2.56. The van der Waals surface area contributed by atoms with Crippen LogP contribution < -0.4 is 10.6 Å². The average molecular weight is 234 g/mol. The molecule has 1 fully saturated rings. The van der Waals surface area contributed by atoms with Crippen LogP contribution in [-0.2, 0) is 6.18 Å². The van der Waals surface area contributed by atoms with Crippen molar-refractivity contribution in [2.75, 3.05) is 18.0 Å². The first kappa shape index (κ1) is 11.2. The van der Waals surface area contributed by atoms with Gasteiger partial charge < -0.3 is 10.6 Å². The molecule has 0 bridgehead atoms. The van der Waals surface area contributed by atoms with Crippen LogP contribution in [0.1, 0.15) is 5.56 Å². The van der Waals surface area contributed by atoms with Crippen molar-refractivity contribution in [1.29, 1.82) is 0 Å². The normalized spacial score (nSPS) is 17.4. The van der Waals surface area contributed by atoms with Crippen molar-refractivity contribution in [3.8, 4) is 0 Å². The summed E-state index contributed by atoms with van der Waals surface area (Å²) in [6.07, 6.45) is -4.51. The molecule has 1 aliphatic heterocycles. The Morgan fingerprint density at radius 2 is 1.88 bits per heavy atom. The Hall–Kier alpha value is -1.30. The molecule has 0 saturated carbocycles. The lowest BCUT2D eigenvalue weighted by atomic mass is 10.1. The Morgan fingerprint density at radius 3 is 2.31 bits per heavy atom. The molecule has 1 aromatic rings. The number of alkyl halides is 3. The summed E-state index contributed by atoms with van der Waals surface area (Å²) in [5, 5.41) is 0. The molecule has 16 heavy (non-hydrogen) atoms. The number of nitrogens with two attached hydrogens (primary N) is 1. The number of anilines is 1. The molecule has 0 atom stereocenters. The van der Waals surface area contributed by atoms with Crippen LogP contribution in [0.2, 0.25) is 0 Å². The summed E-state index contributed by atoms with van der Waals surface area (Å²) in [4.78, 5) is 1.61. The van der Waals surface area contributed by atoms with Gasteiger partial charge in [-0.15, -0.1) is 0 Å². The second kappa shape index (κ2) is 3.62. The van der Waals surface area contributed by atoms with Crippen LogP contribution in [0.3, 0.4) is 0 Å². The van der Waals surface area contributed by atoms with E-state index in [9.17, 15) is 17.6 Å². The van der Waals surface area contributed by atoms with Gasteiger partial charge in [0, 0.05) is 19.1 Å². The maximum Gasteiger partial charge on any atom is 0.416 e. The third-order valence-electron chi connectivity index (χ3n) is 2.53. The SMILES string of the molecule is NC1CN(c2ccc(C(F)(F)F)cc2F)C1. The van der Waals surface area contributed by atoms with E-state index in [0.717, 1.165) is 12.1 Å². The number of hydrogen-bond donors (Lipinski definition) is 1. The number of hydrogen-bond acceptors (Lipinski definition) is 2. The van der Waals surface area contributed by atoms with Crippen LogP contribution >= 0.6 is 0 Å². The molecule has 2 rings (SSSR count). The molecule has 0 radical (unpaired) electrons. The largest absolute Gasteiger partial charge is 0.416 e. The van der Waals surface area contributed by atoms with Crippen molar-refractivity contribution in [2.24, 2.45) is 5.73 Å². The molecule has 1 saturated heterocycles. The Morgan fingerprint density at radius 1 is 1.25 bits per heavy atom. The molecule has 0 spiro atoms. The van der Waals surface area contributed by atoms with Gasteiger partial charge in [-0.25, -0.2) is 4.39 Å². The lowest BCUT2D eigenvalue weighted by molar-refractivity contribution is -0.137. The van der Waals surface area contributed by atoms with Gasteiger partial charge in [0.2, 0.25) is 0 Å². The fraction of sp³-hybridized carbons (Fsp3) is 0.400. The highest BCUT2D eigenvalue weighted by Crippen LogP contribution is 2.33. The first-order valence-corrected chi connectivity index (χ1v) is 4.75. The summed E-state index contributed by atoms with van der Waals surface area (Å²) >= 11 is 0. The fourth-order valence-electron chi connectivity index (χ4n) is 1.65. The Bertz CT molecular complexity index is 396. The molecule has 0 aliphatic carbocycles. The Balaban J connectivity index is 2.24. The number of rotatable bonds is 1. The predicted molar refractivity (Wildman–Crippen MR) is 51.6 cm³/mol. The summed E-state index contributed by atoms with van der Waals surface area (Å²) in [6.45, 7) is 0.949. The number of halogens is 4. The molecule has 0 unspecified atom stereocenters. The summed E-state index contributed by atoms with van der Waals surface area (Å²) in [6, 6.07) is 2.51. The second-order valence-corrected chi connectivity index (χ2v) is 3.83. The second-order valence-electron chi connectivity index (χ2n) is 3.83. The minimum absolute atomic E-state index is 0.0262. The van der Waals surface area contributed by atoms with E-state index in [4.69, 9.17) is 5.73 Å². The van der Waals surface area contributed by atoms with Gasteiger partial charge in [-0.3, -0.25) is 0 Å². The van der Waals surface area contributed by atoms with E-state index in [2.05, 4.69) is 0 Å². The number of nitrogens with zero attached hydrogens (tertiary/aromatic N) is 1. The van der Waals surface area contributed by atoms with Crippen molar-refractivity contribution >= 4 is 5.69 Å². The van der Waals surface area contributed by atoms with Crippen molar-refractivity contribution in [3.05, 3.63) is 29.6 Å². The van der Waals surface area contributed by atoms with Gasteiger partial charge in [0.1, 0.15) is 5.82 Å². The van der Waals surface area contributed by atoms with Crippen LogP contribution in [0.25, 0.3) is 0 Å². The van der Waals surface area contributed by atoms with Crippen LogP contribution in [0.15, 0.2) is 18.2 Å². The highest BCUT2D eigenvalue weighted by molar-refractivity contribution is 5.52. The first-order chi connectivity index (χ1) is 7.38. The minimum atomic E-state index is -4.51. The first-order valence-electron chi connectivity index (χ1n) is 4.75. The zero-order chi connectivity index (χ0) is 11.9. The van der Waals surface area contributed by atoms with E-state index in [-0.39, 0.29) is 11.7 Å². The molecular weight excluding hydrogens is 224 g/mol. The van der Waals surface area contributed by atoms with E-state index in [1.165, 1.54) is 0 Å². The molecule has 2 nitrogen and oxygen atoms in total. The summed E-state index contributed by atoms with van der Waals surface area (Å²) in [5.74, 6) is -0.860. The van der Waals surface area contributed by atoms with Crippen molar-refractivity contribution in [1.82, 2.24) is 0 Å². The van der Waals surface area contributed by atoms with E-state index in [0.29, 0.717) is 19.2 Å². The van der Waals surface area contributed by atoms with Crippen LogP contribution in [-0.4, -0.2) is 19.1 Å². The van der Waals surface area contributed by atoms with Gasteiger partial charge in [-0.2, -0.15) is 13.2 Å². The zero-order valence-electron chi connectivity index (χ0n) is 8.26. The van der Waals surface area contributed by atoms with E-state index in [1.54, 1.807) is 4.90 Å². The molecule has 0 aromatic heterocycles. The van der Waals surface area contributed by atoms with E-state index >= 15 is 0 Å². The van der Waals surface area contributed by atoms with Gasteiger partial charge in [-0.1, -0.05) is 0 Å². The standard InChI is InChI=1S/C10H10F4N2/c11-8-3-6(10(12,13)14)1-2-9(8)16-4-7(15)5-16/h1-3,7H,4-5,15H2. The van der Waals surface area contributed by atoms with Crippen molar-refractivity contribution < 1.29 is 17.6 Å². The zero-order valence-corrected chi connectivity index (χ0v) is 8.26. The third kappa shape index (κ3) is 1.97. The monoisotopic (exact) mass is 234 g/mol. The minimum Gasteiger partial charge on any atom is -0.366 e. The maximum atomic E-state index is 13.4. The summed E-state index contributed by atoms with van der Waals surface area (Å²) in [5.41, 5.74) is 4.71. The molecular formula is C10H10F4N2. The molecule has 2 N–H and O–H groups in total. The average Bonchev–Trinajstić information content (AvgIpc) is 2.12. The molecule has 1 aromatic carbocycles. The highest BCUT2D eigenvalue weighted by atomic mass is 19.4. The fourth-order valence-corrected chi connectivity index (χ4v) is 1.65. The Kier molecular flexibility index (Phi) is 2.53. The highest BCUT2D eigenvalue weighted by Gasteiger charge is 2.32. The van der Waals surface area contributed by atoms with Gasteiger partial charge >= 0.3 is 6.18 Å². The number of benzene rings is 1. The summed E-state index contributed by atoms with van der Waals surface area (Å²) < 4.78 is 50.2. The van der Waals surface area contributed by atoms with Crippen molar-refractivity contribution in [3.63, 3.8) is 0 Å². The third-order valence-corrected chi connectivity index (χ3v) is 2.53. The van der Waals surface area contributed by atoms with Crippen molar-refractivity contribution in [2.45, 2.75) is 12.2 Å². The quantitative estimate of drug-likeness (QED) is 0.753.